The number of aromatic nitrogens is 2. The Morgan fingerprint density at radius 1 is 1.33 bits per heavy atom. The first-order valence-corrected chi connectivity index (χ1v) is 6.10. The van der Waals surface area contributed by atoms with Crippen molar-refractivity contribution in [1.29, 1.82) is 0 Å². The molecule has 2 aromatic rings. The Hall–Kier alpha value is -2.89. The highest BCUT2D eigenvalue weighted by Gasteiger charge is 2.12. The number of fused-ring (bicyclic) bond motifs is 1. The number of H-pyrrole nitrogens is 1. The number of rotatable bonds is 5. The third-order valence-electron chi connectivity index (χ3n) is 2.90. The van der Waals surface area contributed by atoms with Gasteiger partial charge in [-0.25, -0.2) is 4.98 Å². The van der Waals surface area contributed by atoms with Crippen LogP contribution in [0, 0.1) is 0 Å². The van der Waals surface area contributed by atoms with Gasteiger partial charge in [0.25, 0.3) is 5.56 Å². The van der Waals surface area contributed by atoms with E-state index in [-0.39, 0.29) is 5.56 Å². The predicted octanol–water partition coefficient (Wildman–Crippen LogP) is 2.17. The van der Waals surface area contributed by atoms with Crippen LogP contribution in [0.25, 0.3) is 16.6 Å². The molecule has 21 heavy (non-hydrogen) atoms. The van der Waals surface area contributed by atoms with E-state index in [0.717, 1.165) is 0 Å². The number of benzene rings is 1. The van der Waals surface area contributed by atoms with Crippen LogP contribution in [-0.4, -0.2) is 30.9 Å². The van der Waals surface area contributed by atoms with E-state index in [1.165, 1.54) is 14.2 Å². The minimum absolute atomic E-state index is 0.297. The van der Waals surface area contributed by atoms with Crippen molar-refractivity contribution in [1.82, 2.24) is 9.97 Å². The molecule has 0 bridgehead atoms. The van der Waals surface area contributed by atoms with E-state index in [1.54, 1.807) is 24.3 Å². The van der Waals surface area contributed by atoms with Gasteiger partial charge in [0.15, 0.2) is 17.3 Å². The molecule has 2 rings (SSSR count). The molecular formula is C15H15N3O3. The number of allylic oxidation sites excluding steroid dienone is 2. The molecule has 0 spiro atoms. The lowest BCUT2D eigenvalue weighted by Crippen LogP contribution is -2.11. The van der Waals surface area contributed by atoms with Gasteiger partial charge in [0.2, 0.25) is 0 Å². The monoisotopic (exact) mass is 285 g/mol. The molecule has 6 nitrogen and oxygen atoms in total. The van der Waals surface area contributed by atoms with Crippen molar-refractivity contribution in [2.24, 2.45) is 4.99 Å². The van der Waals surface area contributed by atoms with Crippen LogP contribution in [0.5, 0.6) is 11.5 Å². The predicted molar refractivity (Wildman–Crippen MR) is 83.2 cm³/mol. The average molecular weight is 285 g/mol. The molecule has 6 heteroatoms. The molecule has 1 aromatic heterocycles. The van der Waals surface area contributed by atoms with E-state index in [0.29, 0.717) is 33.9 Å². The quantitative estimate of drug-likeness (QED) is 0.674. The fourth-order valence-corrected chi connectivity index (χ4v) is 1.91. The van der Waals surface area contributed by atoms with Crippen LogP contribution in [-0.2, 0) is 0 Å². The Morgan fingerprint density at radius 3 is 2.57 bits per heavy atom. The van der Waals surface area contributed by atoms with Gasteiger partial charge in [-0.1, -0.05) is 12.7 Å². The van der Waals surface area contributed by atoms with Gasteiger partial charge in [0, 0.05) is 6.07 Å². The average Bonchev–Trinajstić information content (AvgIpc) is 2.51. The molecule has 0 saturated carbocycles. The highest BCUT2D eigenvalue weighted by Crippen LogP contribution is 2.30. The van der Waals surface area contributed by atoms with Crippen LogP contribution in [0.3, 0.4) is 0 Å². The molecule has 0 atom stereocenters. The summed E-state index contributed by atoms with van der Waals surface area (Å²) in [5.41, 5.74) is 0.610. The summed E-state index contributed by atoms with van der Waals surface area (Å²) in [6.07, 6.45) is 3.15. The van der Waals surface area contributed by atoms with Gasteiger partial charge in [0.1, 0.15) is 5.70 Å². The molecule has 0 aliphatic rings. The Balaban J connectivity index is 2.76. The normalized spacial score (nSPS) is 11.2. The Bertz CT molecular complexity index is 791. The summed E-state index contributed by atoms with van der Waals surface area (Å²) in [4.78, 5) is 23.0. The second kappa shape index (κ2) is 6.04. The van der Waals surface area contributed by atoms with Gasteiger partial charge < -0.3 is 14.5 Å². The molecule has 0 radical (unpaired) electrons. The van der Waals surface area contributed by atoms with Gasteiger partial charge in [-0.05, 0) is 18.9 Å². The summed E-state index contributed by atoms with van der Waals surface area (Å²) in [7, 11) is 3.03. The van der Waals surface area contributed by atoms with Crippen LogP contribution in [0.2, 0.25) is 0 Å². The van der Waals surface area contributed by atoms with E-state index < -0.39 is 0 Å². The largest absolute Gasteiger partial charge is 0.493 e. The standard InChI is InChI=1S/C15H15N3O3/c1-5-6-10(16-2)14-17-11-8-13(21-4)12(20-3)7-9(11)15(19)18-14/h5-8H,1-2H2,3-4H3,(H,17,18,19)/b10-6-. The number of aromatic amines is 1. The third kappa shape index (κ3) is 2.69. The van der Waals surface area contributed by atoms with Crippen molar-refractivity contribution in [2.75, 3.05) is 14.2 Å². The molecule has 0 saturated heterocycles. The summed E-state index contributed by atoms with van der Waals surface area (Å²) in [5, 5.41) is 0.401. The van der Waals surface area contributed by atoms with Crippen molar-refractivity contribution in [2.45, 2.75) is 0 Å². The fourth-order valence-electron chi connectivity index (χ4n) is 1.91. The maximum atomic E-state index is 12.2. The fraction of sp³-hybridized carbons (Fsp3) is 0.133. The van der Waals surface area contributed by atoms with Gasteiger partial charge >= 0.3 is 0 Å². The lowest BCUT2D eigenvalue weighted by Gasteiger charge is -2.09. The maximum Gasteiger partial charge on any atom is 0.259 e. The van der Waals surface area contributed by atoms with Crippen molar-refractivity contribution in [3.63, 3.8) is 0 Å². The number of aliphatic imine (C=N–C) groups is 1. The number of nitrogens with zero attached hydrogens (tertiary/aromatic N) is 2. The minimum atomic E-state index is -0.297. The van der Waals surface area contributed by atoms with Crippen molar-refractivity contribution < 1.29 is 9.47 Å². The van der Waals surface area contributed by atoms with Crippen molar-refractivity contribution in [3.05, 3.63) is 47.0 Å². The van der Waals surface area contributed by atoms with Crippen LogP contribution in [0.1, 0.15) is 5.82 Å². The minimum Gasteiger partial charge on any atom is -0.493 e. The molecule has 1 aromatic carbocycles. The smallest absolute Gasteiger partial charge is 0.259 e. The third-order valence-corrected chi connectivity index (χ3v) is 2.90. The molecule has 1 heterocycles. The number of ether oxygens (including phenoxy) is 2. The van der Waals surface area contributed by atoms with E-state index in [4.69, 9.17) is 9.47 Å². The van der Waals surface area contributed by atoms with Crippen molar-refractivity contribution in [3.8, 4) is 11.5 Å². The molecular weight excluding hydrogens is 270 g/mol. The molecule has 0 fully saturated rings. The molecule has 108 valence electrons. The summed E-state index contributed by atoms with van der Waals surface area (Å²) in [5.74, 6) is 1.28. The first-order chi connectivity index (χ1) is 10.1. The zero-order chi connectivity index (χ0) is 15.4. The van der Waals surface area contributed by atoms with E-state index >= 15 is 0 Å². The summed E-state index contributed by atoms with van der Waals surface area (Å²) in [6.45, 7) is 7.04. The molecule has 1 N–H and O–H groups in total. The topological polar surface area (TPSA) is 76.6 Å². The highest BCUT2D eigenvalue weighted by molar-refractivity contribution is 5.83. The molecule has 0 aliphatic carbocycles. The molecule has 0 aliphatic heterocycles. The second-order valence-electron chi connectivity index (χ2n) is 4.08. The summed E-state index contributed by atoms with van der Waals surface area (Å²) < 4.78 is 10.4. The number of hydrogen-bond donors (Lipinski definition) is 1. The van der Waals surface area contributed by atoms with Gasteiger partial charge in [-0.3, -0.25) is 9.79 Å². The number of hydrogen-bond acceptors (Lipinski definition) is 5. The Morgan fingerprint density at radius 2 is 2.00 bits per heavy atom. The van der Waals surface area contributed by atoms with Gasteiger partial charge in [-0.2, -0.15) is 0 Å². The maximum absolute atomic E-state index is 12.2. The highest BCUT2D eigenvalue weighted by atomic mass is 16.5. The Labute approximate surface area is 121 Å². The van der Waals surface area contributed by atoms with Gasteiger partial charge in [0.05, 0.1) is 25.1 Å². The van der Waals surface area contributed by atoms with Crippen LogP contribution < -0.4 is 15.0 Å². The molecule has 0 unspecified atom stereocenters. The second-order valence-corrected chi connectivity index (χ2v) is 4.08. The number of nitrogens with one attached hydrogen (secondary N) is 1. The summed E-state index contributed by atoms with van der Waals surface area (Å²) >= 11 is 0. The van der Waals surface area contributed by atoms with Crippen LogP contribution in [0.15, 0.2) is 40.7 Å². The first kappa shape index (κ1) is 14.5. The molecule has 0 amide bonds. The summed E-state index contributed by atoms with van der Waals surface area (Å²) in [6, 6.07) is 3.23. The van der Waals surface area contributed by atoms with Crippen molar-refractivity contribution >= 4 is 23.3 Å². The first-order valence-electron chi connectivity index (χ1n) is 6.10. The zero-order valence-corrected chi connectivity index (χ0v) is 11.8. The van der Waals surface area contributed by atoms with Gasteiger partial charge in [-0.15, -0.1) is 0 Å². The van der Waals surface area contributed by atoms with E-state index in [2.05, 4.69) is 28.3 Å². The SMILES string of the molecule is C=C/C=C(\N=C)c1nc2cc(OC)c(OC)cc2c(=O)[nH]1. The van der Waals surface area contributed by atoms with Crippen LogP contribution >= 0.6 is 0 Å². The van der Waals surface area contributed by atoms with E-state index in [9.17, 15) is 4.79 Å². The lowest BCUT2D eigenvalue weighted by atomic mass is 10.2. The lowest BCUT2D eigenvalue weighted by molar-refractivity contribution is 0.355. The zero-order valence-electron chi connectivity index (χ0n) is 11.8. The van der Waals surface area contributed by atoms with E-state index in [1.807, 2.05) is 0 Å². The van der Waals surface area contributed by atoms with Crippen LogP contribution in [0.4, 0.5) is 0 Å². The number of methoxy groups -OCH3 is 2. The Kier molecular flexibility index (Phi) is 4.18.